The second-order valence-electron chi connectivity index (χ2n) is 5.86. The van der Waals surface area contributed by atoms with Crippen molar-refractivity contribution in [3.63, 3.8) is 0 Å². The summed E-state index contributed by atoms with van der Waals surface area (Å²) in [4.78, 5) is 16.8. The molecule has 0 unspecified atom stereocenters. The maximum atomic E-state index is 12.2. The highest BCUT2D eigenvalue weighted by Crippen LogP contribution is 2.39. The Morgan fingerprint density at radius 3 is 2.12 bits per heavy atom. The summed E-state index contributed by atoms with van der Waals surface area (Å²) in [6, 6.07) is 3.46. The van der Waals surface area contributed by atoms with Crippen molar-refractivity contribution in [2.45, 2.75) is 6.42 Å². The number of nitrogens with zero attached hydrogens (tertiary/aromatic N) is 2. The lowest BCUT2D eigenvalue weighted by molar-refractivity contribution is -0.116. The second kappa shape index (κ2) is 8.75. The number of likely N-dealkylation sites (N-methyl/N-ethyl adjacent to an activating group) is 1. The molecule has 1 aliphatic heterocycles. The number of nitrogens with one attached hydrogen (secondary N) is 1. The fourth-order valence-electron chi connectivity index (χ4n) is 2.71. The summed E-state index contributed by atoms with van der Waals surface area (Å²) in [5, 5.41) is 2.90. The monoisotopic (exact) mass is 337 g/mol. The van der Waals surface area contributed by atoms with Crippen molar-refractivity contribution in [3.05, 3.63) is 12.1 Å². The molecule has 0 aromatic heterocycles. The van der Waals surface area contributed by atoms with Crippen molar-refractivity contribution in [2.24, 2.45) is 0 Å². The van der Waals surface area contributed by atoms with Gasteiger partial charge in [0.2, 0.25) is 11.7 Å². The first kappa shape index (κ1) is 18.4. The molecule has 1 aromatic rings. The summed E-state index contributed by atoms with van der Waals surface area (Å²) in [7, 11) is 6.77. The number of piperazine rings is 1. The third-order valence-corrected chi connectivity index (χ3v) is 4.20. The number of anilines is 1. The zero-order valence-electron chi connectivity index (χ0n) is 14.9. The van der Waals surface area contributed by atoms with Crippen molar-refractivity contribution >= 4 is 11.6 Å². The van der Waals surface area contributed by atoms with Gasteiger partial charge in [0.05, 0.1) is 21.3 Å². The summed E-state index contributed by atoms with van der Waals surface area (Å²) < 4.78 is 15.9. The van der Waals surface area contributed by atoms with Crippen molar-refractivity contribution in [1.29, 1.82) is 0 Å². The molecule has 2 rings (SSSR count). The molecule has 0 radical (unpaired) electrons. The third kappa shape index (κ3) is 4.75. The minimum Gasteiger partial charge on any atom is -0.493 e. The van der Waals surface area contributed by atoms with Gasteiger partial charge < -0.3 is 29.3 Å². The van der Waals surface area contributed by atoms with Gasteiger partial charge in [-0.3, -0.25) is 4.79 Å². The fourth-order valence-corrected chi connectivity index (χ4v) is 2.71. The molecule has 1 heterocycles. The molecule has 0 atom stereocenters. The van der Waals surface area contributed by atoms with Crippen LogP contribution in [0.5, 0.6) is 17.2 Å². The Hall–Kier alpha value is -1.99. The predicted octanol–water partition coefficient (Wildman–Crippen LogP) is 1.29. The topological polar surface area (TPSA) is 63.3 Å². The van der Waals surface area contributed by atoms with E-state index in [4.69, 9.17) is 14.2 Å². The Morgan fingerprint density at radius 2 is 1.62 bits per heavy atom. The van der Waals surface area contributed by atoms with Crippen LogP contribution >= 0.6 is 0 Å². The molecule has 7 nitrogen and oxygen atoms in total. The van der Waals surface area contributed by atoms with Gasteiger partial charge >= 0.3 is 0 Å². The maximum absolute atomic E-state index is 12.2. The number of methoxy groups -OCH3 is 3. The number of carbonyl (C=O) groups excluding carboxylic acids is 1. The van der Waals surface area contributed by atoms with E-state index in [9.17, 15) is 4.79 Å². The van der Waals surface area contributed by atoms with E-state index in [1.54, 1.807) is 33.5 Å². The molecule has 1 aliphatic rings. The van der Waals surface area contributed by atoms with Crippen LogP contribution in [0.2, 0.25) is 0 Å². The standard InChI is InChI=1S/C17H27N3O4/c1-19-7-9-20(10-8-19)6-5-16(21)18-13-11-14(22-2)17(24-4)15(12-13)23-3/h11-12H,5-10H2,1-4H3,(H,18,21). The van der Waals surface area contributed by atoms with Gasteiger partial charge in [-0.1, -0.05) is 0 Å². The second-order valence-corrected chi connectivity index (χ2v) is 5.86. The highest BCUT2D eigenvalue weighted by atomic mass is 16.5. The van der Waals surface area contributed by atoms with E-state index in [0.717, 1.165) is 32.7 Å². The van der Waals surface area contributed by atoms with Crippen LogP contribution in [0, 0.1) is 0 Å². The molecule has 1 saturated heterocycles. The normalized spacial score (nSPS) is 15.8. The SMILES string of the molecule is COc1cc(NC(=O)CCN2CCN(C)CC2)cc(OC)c1OC. The lowest BCUT2D eigenvalue weighted by Gasteiger charge is -2.32. The van der Waals surface area contributed by atoms with Gasteiger partial charge in [0.25, 0.3) is 0 Å². The molecule has 1 N–H and O–H groups in total. The highest BCUT2D eigenvalue weighted by Gasteiger charge is 2.16. The number of hydrogen-bond donors (Lipinski definition) is 1. The summed E-state index contributed by atoms with van der Waals surface area (Å²) in [6.45, 7) is 4.88. The third-order valence-electron chi connectivity index (χ3n) is 4.20. The Morgan fingerprint density at radius 1 is 1.04 bits per heavy atom. The number of carbonyl (C=O) groups is 1. The van der Waals surface area contributed by atoms with E-state index in [1.807, 2.05) is 0 Å². The van der Waals surface area contributed by atoms with Crippen LogP contribution in [-0.2, 0) is 4.79 Å². The van der Waals surface area contributed by atoms with E-state index >= 15 is 0 Å². The van der Waals surface area contributed by atoms with E-state index in [0.29, 0.717) is 29.4 Å². The molecule has 134 valence electrons. The number of rotatable bonds is 7. The molecular formula is C17H27N3O4. The van der Waals surface area contributed by atoms with Gasteiger partial charge in [-0.15, -0.1) is 0 Å². The van der Waals surface area contributed by atoms with Crippen LogP contribution in [0.4, 0.5) is 5.69 Å². The molecular weight excluding hydrogens is 310 g/mol. The Kier molecular flexibility index (Phi) is 6.69. The minimum atomic E-state index is -0.0248. The van der Waals surface area contributed by atoms with Gasteiger partial charge in [0.1, 0.15) is 0 Å². The molecule has 1 aromatic carbocycles. The average Bonchev–Trinajstić information content (AvgIpc) is 2.60. The van der Waals surface area contributed by atoms with Crippen LogP contribution < -0.4 is 19.5 Å². The predicted molar refractivity (Wildman–Crippen MR) is 93.3 cm³/mol. The van der Waals surface area contributed by atoms with Gasteiger partial charge in [0, 0.05) is 57.0 Å². The van der Waals surface area contributed by atoms with Gasteiger partial charge in [0.15, 0.2) is 11.5 Å². The van der Waals surface area contributed by atoms with Gasteiger partial charge in [-0.25, -0.2) is 0 Å². The largest absolute Gasteiger partial charge is 0.493 e. The van der Waals surface area contributed by atoms with E-state index in [1.165, 1.54) is 0 Å². The van der Waals surface area contributed by atoms with E-state index in [-0.39, 0.29) is 5.91 Å². The van der Waals surface area contributed by atoms with Crippen molar-refractivity contribution in [2.75, 3.05) is 66.4 Å². The Balaban J connectivity index is 1.93. The first-order valence-electron chi connectivity index (χ1n) is 8.08. The van der Waals surface area contributed by atoms with Crippen LogP contribution in [0.25, 0.3) is 0 Å². The summed E-state index contributed by atoms with van der Waals surface area (Å²) in [6.07, 6.45) is 0.459. The fraction of sp³-hybridized carbons (Fsp3) is 0.588. The number of benzene rings is 1. The minimum absolute atomic E-state index is 0.0248. The smallest absolute Gasteiger partial charge is 0.225 e. The first-order chi connectivity index (χ1) is 11.6. The Labute approximate surface area is 143 Å². The molecule has 0 aliphatic carbocycles. The molecule has 1 fully saturated rings. The van der Waals surface area contributed by atoms with Crippen LogP contribution in [0.3, 0.4) is 0 Å². The van der Waals surface area contributed by atoms with Crippen LogP contribution in [-0.4, -0.2) is 76.8 Å². The average molecular weight is 337 g/mol. The molecule has 0 bridgehead atoms. The zero-order valence-corrected chi connectivity index (χ0v) is 14.9. The van der Waals surface area contributed by atoms with Gasteiger partial charge in [-0.2, -0.15) is 0 Å². The maximum Gasteiger partial charge on any atom is 0.225 e. The summed E-state index contributed by atoms with van der Waals surface area (Å²) in [5.41, 5.74) is 0.632. The molecule has 0 saturated carbocycles. The quantitative estimate of drug-likeness (QED) is 0.809. The number of ether oxygens (including phenoxy) is 3. The molecule has 0 spiro atoms. The number of hydrogen-bond acceptors (Lipinski definition) is 6. The van der Waals surface area contributed by atoms with E-state index < -0.39 is 0 Å². The van der Waals surface area contributed by atoms with Crippen molar-refractivity contribution < 1.29 is 19.0 Å². The first-order valence-corrected chi connectivity index (χ1v) is 8.08. The number of amides is 1. The molecule has 7 heteroatoms. The lowest BCUT2D eigenvalue weighted by atomic mass is 10.2. The molecule has 24 heavy (non-hydrogen) atoms. The van der Waals surface area contributed by atoms with Gasteiger partial charge in [-0.05, 0) is 7.05 Å². The summed E-state index contributed by atoms with van der Waals surface area (Å²) in [5.74, 6) is 1.52. The van der Waals surface area contributed by atoms with E-state index in [2.05, 4.69) is 22.2 Å². The van der Waals surface area contributed by atoms with Crippen molar-refractivity contribution in [3.8, 4) is 17.2 Å². The lowest BCUT2D eigenvalue weighted by Crippen LogP contribution is -2.45. The summed E-state index contributed by atoms with van der Waals surface area (Å²) >= 11 is 0. The zero-order chi connectivity index (χ0) is 17.5. The Bertz CT molecular complexity index is 532. The highest BCUT2D eigenvalue weighted by molar-refractivity contribution is 5.91. The van der Waals surface area contributed by atoms with Crippen LogP contribution in [0.1, 0.15) is 6.42 Å². The molecule has 1 amide bonds. The van der Waals surface area contributed by atoms with Crippen molar-refractivity contribution in [1.82, 2.24) is 9.80 Å². The van der Waals surface area contributed by atoms with Crippen LogP contribution in [0.15, 0.2) is 12.1 Å².